The van der Waals surface area contributed by atoms with Crippen LogP contribution in [-0.4, -0.2) is 74.5 Å². The quantitative estimate of drug-likeness (QED) is 0.772. The summed E-state index contributed by atoms with van der Waals surface area (Å²) in [5, 5.41) is 0. The van der Waals surface area contributed by atoms with Gasteiger partial charge in [-0.3, -0.25) is 4.90 Å². The molecule has 0 N–H and O–H groups in total. The Morgan fingerprint density at radius 3 is 2.15 bits per heavy atom. The van der Waals surface area contributed by atoms with Gasteiger partial charge in [0.25, 0.3) is 0 Å². The topological polar surface area (TPSA) is 46.6 Å². The highest BCUT2D eigenvalue weighted by molar-refractivity contribution is 8.29. The highest BCUT2D eigenvalue weighted by Crippen LogP contribution is 2.53. The molecule has 0 spiro atoms. The fourth-order valence-corrected chi connectivity index (χ4v) is 3.84. The summed E-state index contributed by atoms with van der Waals surface area (Å²) < 4.78 is 42.1. The number of alkyl halides is 1. The molecule has 0 aromatic heterocycles. The largest absolute Gasteiger partial charge is 0.335 e. The van der Waals surface area contributed by atoms with Gasteiger partial charge in [-0.2, -0.15) is 0 Å². The lowest BCUT2D eigenvalue weighted by Gasteiger charge is -2.45. The molecule has 1 rings (SSSR count). The molecule has 0 aromatic rings. The molecular formula is C13H28FNO3S2. The van der Waals surface area contributed by atoms with E-state index >= 15 is 0 Å². The van der Waals surface area contributed by atoms with Crippen molar-refractivity contribution in [2.45, 2.75) is 31.6 Å². The van der Waals surface area contributed by atoms with Gasteiger partial charge in [0.05, 0.1) is 24.2 Å². The molecule has 1 atom stereocenters. The molecule has 0 amide bonds. The maximum absolute atomic E-state index is 13.2. The van der Waals surface area contributed by atoms with Crippen molar-refractivity contribution in [3.05, 3.63) is 0 Å². The fourth-order valence-electron chi connectivity index (χ4n) is 1.76. The van der Waals surface area contributed by atoms with Crippen LogP contribution in [0.1, 0.15) is 20.8 Å². The molecule has 1 aliphatic heterocycles. The Morgan fingerprint density at radius 2 is 1.75 bits per heavy atom. The molecule has 0 bridgehead atoms. The molecule has 1 aliphatic rings. The lowest BCUT2D eigenvalue weighted by atomic mass is 10.3. The first-order valence-corrected chi connectivity index (χ1v) is 11.1. The van der Waals surface area contributed by atoms with Gasteiger partial charge in [0.2, 0.25) is 0 Å². The van der Waals surface area contributed by atoms with E-state index in [1.165, 1.54) is 0 Å². The van der Waals surface area contributed by atoms with Crippen molar-refractivity contribution >= 4 is 20.1 Å². The van der Waals surface area contributed by atoms with Gasteiger partial charge in [-0.05, 0) is 12.5 Å². The van der Waals surface area contributed by atoms with E-state index in [-0.39, 0.29) is 22.3 Å². The lowest BCUT2D eigenvalue weighted by molar-refractivity contribution is 0.127. The standard InChI is InChI=1S/C13H28FNO3S2/c1-13(2,3)19(4,5)18-11-12(10-14)15-6-8-20(16,17)9-7-15/h12H,6-11H2,1-5H3/t12-/m1/s1. The van der Waals surface area contributed by atoms with E-state index < -0.39 is 26.8 Å². The second-order valence-corrected chi connectivity index (χ2v) is 12.9. The van der Waals surface area contributed by atoms with E-state index in [1.54, 1.807) is 0 Å². The molecular weight excluding hydrogens is 301 g/mol. The Kier molecular flexibility index (Phi) is 5.92. The first kappa shape index (κ1) is 18.2. The first-order chi connectivity index (χ1) is 8.98. The van der Waals surface area contributed by atoms with E-state index in [0.29, 0.717) is 19.7 Å². The molecule has 20 heavy (non-hydrogen) atoms. The summed E-state index contributed by atoms with van der Waals surface area (Å²) in [6.07, 6.45) is 4.17. The van der Waals surface area contributed by atoms with Gasteiger partial charge in [0.15, 0.2) is 9.84 Å². The van der Waals surface area contributed by atoms with Crippen molar-refractivity contribution in [3.8, 4) is 0 Å². The molecule has 0 radical (unpaired) electrons. The minimum Gasteiger partial charge on any atom is -0.335 e. The van der Waals surface area contributed by atoms with Crippen molar-refractivity contribution in [3.63, 3.8) is 0 Å². The molecule has 4 nitrogen and oxygen atoms in total. The molecule has 1 heterocycles. The molecule has 122 valence electrons. The van der Waals surface area contributed by atoms with E-state index in [9.17, 15) is 12.8 Å². The van der Waals surface area contributed by atoms with Crippen LogP contribution < -0.4 is 0 Å². The van der Waals surface area contributed by atoms with Gasteiger partial charge < -0.3 is 4.18 Å². The highest BCUT2D eigenvalue weighted by atomic mass is 32.3. The Balaban J connectivity index is 2.57. The van der Waals surface area contributed by atoms with Gasteiger partial charge in [0.1, 0.15) is 6.67 Å². The number of sulfone groups is 1. The van der Waals surface area contributed by atoms with Crippen LogP contribution in [0.4, 0.5) is 4.39 Å². The summed E-state index contributed by atoms with van der Waals surface area (Å²) in [6, 6.07) is -0.334. The van der Waals surface area contributed by atoms with Gasteiger partial charge in [-0.15, -0.1) is 10.3 Å². The van der Waals surface area contributed by atoms with Gasteiger partial charge in [-0.1, -0.05) is 20.8 Å². The third-order valence-corrected chi connectivity index (χ3v) is 9.39. The average molecular weight is 330 g/mol. The second-order valence-electron chi connectivity index (χ2n) is 6.63. The van der Waals surface area contributed by atoms with Crippen molar-refractivity contribution < 1.29 is 17.0 Å². The van der Waals surface area contributed by atoms with E-state index in [1.807, 2.05) is 4.90 Å². The Labute approximate surface area is 124 Å². The van der Waals surface area contributed by atoms with E-state index in [4.69, 9.17) is 4.18 Å². The third kappa shape index (κ3) is 4.86. The molecule has 0 aliphatic carbocycles. The van der Waals surface area contributed by atoms with E-state index in [0.717, 1.165) is 0 Å². The van der Waals surface area contributed by atoms with Crippen molar-refractivity contribution in [1.29, 1.82) is 0 Å². The third-order valence-electron chi connectivity index (χ3n) is 4.10. The summed E-state index contributed by atoms with van der Waals surface area (Å²) in [7, 11) is -4.20. The number of nitrogens with zero attached hydrogens (tertiary/aromatic N) is 1. The van der Waals surface area contributed by atoms with Crippen LogP contribution in [0.25, 0.3) is 0 Å². The van der Waals surface area contributed by atoms with Crippen molar-refractivity contribution in [2.75, 3.05) is 50.4 Å². The van der Waals surface area contributed by atoms with Gasteiger partial charge in [0, 0.05) is 17.8 Å². The van der Waals surface area contributed by atoms with Crippen LogP contribution in [0, 0.1) is 0 Å². The molecule has 1 saturated heterocycles. The smallest absolute Gasteiger partial charge is 0.152 e. The SMILES string of the molecule is CC(C)(C)S(C)(C)OC[C@@H](CF)N1CCS(=O)(=O)CC1. The highest BCUT2D eigenvalue weighted by Gasteiger charge is 2.32. The molecule has 1 fully saturated rings. The Hall–Kier alpha value is 0.150. The minimum absolute atomic E-state index is 0.0408. The molecule has 0 aromatic carbocycles. The summed E-state index contributed by atoms with van der Waals surface area (Å²) in [6.45, 7) is 7.02. The monoisotopic (exact) mass is 329 g/mol. The minimum atomic E-state index is -2.92. The lowest BCUT2D eigenvalue weighted by Crippen LogP contribution is -2.49. The van der Waals surface area contributed by atoms with Crippen molar-refractivity contribution in [2.24, 2.45) is 0 Å². The fraction of sp³-hybridized carbons (Fsp3) is 1.00. The van der Waals surface area contributed by atoms with Crippen LogP contribution >= 0.6 is 10.3 Å². The Morgan fingerprint density at radius 1 is 1.25 bits per heavy atom. The van der Waals surface area contributed by atoms with Crippen LogP contribution in [0.15, 0.2) is 0 Å². The predicted octanol–water partition coefficient (Wildman–Crippen LogP) is 1.85. The number of halogens is 1. The number of hydrogen-bond acceptors (Lipinski definition) is 4. The first-order valence-electron chi connectivity index (χ1n) is 6.86. The van der Waals surface area contributed by atoms with Gasteiger partial charge in [-0.25, -0.2) is 12.8 Å². The zero-order valence-corrected chi connectivity index (χ0v) is 14.8. The molecule has 0 saturated carbocycles. The Bertz CT molecular complexity index is 404. The van der Waals surface area contributed by atoms with Crippen LogP contribution in [0.2, 0.25) is 0 Å². The summed E-state index contributed by atoms with van der Waals surface area (Å²) in [5.74, 6) is 0.248. The van der Waals surface area contributed by atoms with Gasteiger partial charge >= 0.3 is 0 Å². The normalized spacial score (nSPS) is 23.5. The second kappa shape index (κ2) is 6.50. The van der Waals surface area contributed by atoms with Crippen LogP contribution in [0.3, 0.4) is 0 Å². The number of hydrogen-bond donors (Lipinski definition) is 0. The van der Waals surface area contributed by atoms with E-state index in [2.05, 4.69) is 33.3 Å². The number of rotatable bonds is 5. The predicted molar refractivity (Wildman–Crippen MR) is 85.1 cm³/mol. The van der Waals surface area contributed by atoms with Crippen LogP contribution in [-0.2, 0) is 14.0 Å². The average Bonchev–Trinajstić information content (AvgIpc) is 2.30. The summed E-state index contributed by atoms with van der Waals surface area (Å²) in [5.41, 5.74) is 0. The maximum atomic E-state index is 13.2. The molecule has 7 heteroatoms. The van der Waals surface area contributed by atoms with Crippen LogP contribution in [0.5, 0.6) is 0 Å². The summed E-state index contributed by atoms with van der Waals surface area (Å²) >= 11 is 0. The molecule has 0 unspecified atom stereocenters. The van der Waals surface area contributed by atoms with Crippen molar-refractivity contribution in [1.82, 2.24) is 4.90 Å². The summed E-state index contributed by atoms with van der Waals surface area (Å²) in [4.78, 5) is 1.90. The maximum Gasteiger partial charge on any atom is 0.152 e. The zero-order valence-electron chi connectivity index (χ0n) is 13.2. The zero-order chi connectivity index (χ0) is 15.6.